The van der Waals surface area contributed by atoms with Gasteiger partial charge in [-0.3, -0.25) is 0 Å². The minimum Gasteiger partial charge on any atom is -0.327 e. The molecular formula is C16H21N. The first-order chi connectivity index (χ1) is 8.33. The average Bonchev–Trinajstić information content (AvgIpc) is 2.75. The molecule has 1 nitrogen and oxygen atoms in total. The maximum absolute atomic E-state index is 5.98. The third kappa shape index (κ3) is 2.30. The molecule has 1 aromatic rings. The van der Waals surface area contributed by atoms with Crippen LogP contribution in [0.15, 0.2) is 35.9 Å². The van der Waals surface area contributed by atoms with E-state index in [-0.39, 0.29) is 0 Å². The van der Waals surface area contributed by atoms with E-state index in [2.05, 4.69) is 30.3 Å². The van der Waals surface area contributed by atoms with Crippen molar-refractivity contribution < 1.29 is 0 Å². The standard InChI is InChI=1S/C16H21N/c17-15-9-8-12(11-15)10-14-6-3-5-13-4-1-2-7-16(13)14/h1-2,4,7,10,14-15H,3,5-6,8-9,11,17H2. The lowest BCUT2D eigenvalue weighted by atomic mass is 9.82. The van der Waals surface area contributed by atoms with Gasteiger partial charge in [0, 0.05) is 12.0 Å². The van der Waals surface area contributed by atoms with E-state index in [1.54, 1.807) is 16.7 Å². The summed E-state index contributed by atoms with van der Waals surface area (Å²) in [5, 5.41) is 0. The summed E-state index contributed by atoms with van der Waals surface area (Å²) in [6, 6.07) is 9.36. The van der Waals surface area contributed by atoms with Crippen LogP contribution >= 0.6 is 0 Å². The molecule has 3 rings (SSSR count). The molecule has 0 radical (unpaired) electrons. The minimum atomic E-state index is 0.417. The highest BCUT2D eigenvalue weighted by molar-refractivity contribution is 5.36. The van der Waals surface area contributed by atoms with Crippen LogP contribution in [-0.4, -0.2) is 6.04 Å². The summed E-state index contributed by atoms with van der Waals surface area (Å²) in [5.41, 5.74) is 10.7. The van der Waals surface area contributed by atoms with Gasteiger partial charge in [0.1, 0.15) is 0 Å². The highest BCUT2D eigenvalue weighted by Gasteiger charge is 2.21. The molecule has 2 atom stereocenters. The molecule has 1 saturated carbocycles. The average molecular weight is 227 g/mol. The third-order valence-electron chi connectivity index (χ3n) is 4.21. The van der Waals surface area contributed by atoms with Crippen LogP contribution in [0.3, 0.4) is 0 Å². The van der Waals surface area contributed by atoms with Gasteiger partial charge in [-0.15, -0.1) is 0 Å². The highest BCUT2D eigenvalue weighted by Crippen LogP contribution is 2.35. The summed E-state index contributed by atoms with van der Waals surface area (Å²) < 4.78 is 0. The summed E-state index contributed by atoms with van der Waals surface area (Å²) in [7, 11) is 0. The number of benzene rings is 1. The maximum atomic E-state index is 5.98. The monoisotopic (exact) mass is 227 g/mol. The van der Waals surface area contributed by atoms with Gasteiger partial charge in [0.15, 0.2) is 0 Å². The van der Waals surface area contributed by atoms with Crippen molar-refractivity contribution in [3.63, 3.8) is 0 Å². The van der Waals surface area contributed by atoms with Gasteiger partial charge < -0.3 is 5.73 Å². The molecule has 0 aromatic heterocycles. The van der Waals surface area contributed by atoms with E-state index in [1.807, 2.05) is 0 Å². The van der Waals surface area contributed by atoms with E-state index in [9.17, 15) is 0 Å². The largest absolute Gasteiger partial charge is 0.327 e. The molecule has 2 unspecified atom stereocenters. The Balaban J connectivity index is 1.86. The van der Waals surface area contributed by atoms with Crippen LogP contribution in [0.4, 0.5) is 0 Å². The van der Waals surface area contributed by atoms with Crippen LogP contribution in [0.25, 0.3) is 0 Å². The Morgan fingerprint density at radius 2 is 2.00 bits per heavy atom. The zero-order chi connectivity index (χ0) is 11.7. The molecule has 0 amide bonds. The van der Waals surface area contributed by atoms with Crippen molar-refractivity contribution in [2.75, 3.05) is 0 Å². The Hall–Kier alpha value is -1.08. The first-order valence-electron chi connectivity index (χ1n) is 6.86. The van der Waals surface area contributed by atoms with Crippen LogP contribution < -0.4 is 5.73 Å². The highest BCUT2D eigenvalue weighted by atomic mass is 14.6. The van der Waals surface area contributed by atoms with Crippen molar-refractivity contribution in [2.24, 2.45) is 5.73 Å². The van der Waals surface area contributed by atoms with Gasteiger partial charge in [0.05, 0.1) is 0 Å². The lowest BCUT2D eigenvalue weighted by Crippen LogP contribution is -2.13. The summed E-state index contributed by atoms with van der Waals surface area (Å²) in [6.45, 7) is 0. The van der Waals surface area contributed by atoms with Crippen molar-refractivity contribution in [2.45, 2.75) is 50.5 Å². The van der Waals surface area contributed by atoms with Crippen molar-refractivity contribution >= 4 is 0 Å². The van der Waals surface area contributed by atoms with Gasteiger partial charge in [0.2, 0.25) is 0 Å². The molecule has 2 aliphatic rings. The van der Waals surface area contributed by atoms with Crippen molar-refractivity contribution in [1.29, 1.82) is 0 Å². The number of aryl methyl sites for hydroxylation is 1. The second kappa shape index (κ2) is 4.66. The molecule has 0 saturated heterocycles. The summed E-state index contributed by atoms with van der Waals surface area (Å²) in [6.07, 6.45) is 9.95. The molecule has 0 bridgehead atoms. The van der Waals surface area contributed by atoms with Crippen molar-refractivity contribution in [1.82, 2.24) is 0 Å². The number of rotatable bonds is 1. The van der Waals surface area contributed by atoms with Crippen LogP contribution in [0, 0.1) is 0 Å². The van der Waals surface area contributed by atoms with Crippen molar-refractivity contribution in [3.8, 4) is 0 Å². The van der Waals surface area contributed by atoms with E-state index in [0.717, 1.165) is 6.42 Å². The maximum Gasteiger partial charge on any atom is 0.00791 e. The summed E-state index contributed by atoms with van der Waals surface area (Å²) in [4.78, 5) is 0. The smallest absolute Gasteiger partial charge is 0.00791 e. The van der Waals surface area contributed by atoms with Crippen LogP contribution in [0.2, 0.25) is 0 Å². The molecule has 2 N–H and O–H groups in total. The molecule has 1 aromatic carbocycles. The second-order valence-electron chi connectivity index (χ2n) is 5.53. The zero-order valence-corrected chi connectivity index (χ0v) is 10.4. The number of allylic oxidation sites excluding steroid dienone is 1. The van der Waals surface area contributed by atoms with Gasteiger partial charge in [-0.1, -0.05) is 35.9 Å². The number of hydrogen-bond donors (Lipinski definition) is 1. The Morgan fingerprint density at radius 3 is 2.82 bits per heavy atom. The van der Waals surface area contributed by atoms with Crippen molar-refractivity contribution in [3.05, 3.63) is 47.0 Å². The lowest BCUT2D eigenvalue weighted by Gasteiger charge is -2.23. The van der Waals surface area contributed by atoms with E-state index >= 15 is 0 Å². The molecule has 17 heavy (non-hydrogen) atoms. The molecule has 1 fully saturated rings. The summed E-state index contributed by atoms with van der Waals surface area (Å²) >= 11 is 0. The number of nitrogens with two attached hydrogens (primary N) is 1. The van der Waals surface area contributed by atoms with Crippen LogP contribution in [-0.2, 0) is 6.42 Å². The van der Waals surface area contributed by atoms with Crippen LogP contribution in [0.1, 0.15) is 49.1 Å². The Bertz CT molecular complexity index is 433. The first kappa shape index (κ1) is 11.0. The Kier molecular flexibility index (Phi) is 3.02. The second-order valence-corrected chi connectivity index (χ2v) is 5.53. The van der Waals surface area contributed by atoms with Crippen LogP contribution in [0.5, 0.6) is 0 Å². The third-order valence-corrected chi connectivity index (χ3v) is 4.21. The molecule has 0 heterocycles. The number of hydrogen-bond acceptors (Lipinski definition) is 1. The molecule has 0 spiro atoms. The van der Waals surface area contributed by atoms with E-state index < -0.39 is 0 Å². The van der Waals surface area contributed by atoms with E-state index in [4.69, 9.17) is 5.73 Å². The van der Waals surface area contributed by atoms with Gasteiger partial charge >= 0.3 is 0 Å². The van der Waals surface area contributed by atoms with Gasteiger partial charge in [-0.2, -0.15) is 0 Å². The van der Waals surface area contributed by atoms with E-state index in [0.29, 0.717) is 12.0 Å². The fourth-order valence-electron chi connectivity index (χ4n) is 3.31. The molecule has 2 aliphatic carbocycles. The summed E-state index contributed by atoms with van der Waals surface area (Å²) in [5.74, 6) is 0.653. The predicted molar refractivity (Wildman–Crippen MR) is 72.0 cm³/mol. The minimum absolute atomic E-state index is 0.417. The lowest BCUT2D eigenvalue weighted by molar-refractivity contribution is 0.625. The molecule has 90 valence electrons. The predicted octanol–water partition coefficient (Wildman–Crippen LogP) is 3.54. The zero-order valence-electron chi connectivity index (χ0n) is 10.4. The molecular weight excluding hydrogens is 206 g/mol. The first-order valence-corrected chi connectivity index (χ1v) is 6.86. The molecule has 0 aliphatic heterocycles. The van der Waals surface area contributed by atoms with Gasteiger partial charge in [-0.05, 0) is 49.7 Å². The number of fused-ring (bicyclic) bond motifs is 1. The van der Waals surface area contributed by atoms with Gasteiger partial charge in [-0.25, -0.2) is 0 Å². The van der Waals surface area contributed by atoms with Gasteiger partial charge in [0.25, 0.3) is 0 Å². The fourth-order valence-corrected chi connectivity index (χ4v) is 3.31. The SMILES string of the molecule is NC1CCC(=CC2CCCc3ccccc32)C1. The topological polar surface area (TPSA) is 26.0 Å². The normalized spacial score (nSPS) is 30.5. The Labute approximate surface area is 104 Å². The quantitative estimate of drug-likeness (QED) is 0.730. The Morgan fingerprint density at radius 1 is 1.12 bits per heavy atom. The fraction of sp³-hybridized carbons (Fsp3) is 0.500. The van der Waals surface area contributed by atoms with E-state index in [1.165, 1.54) is 32.1 Å². The molecule has 1 heteroatoms.